The molecule has 0 aliphatic heterocycles. The molecule has 0 aliphatic carbocycles. The van der Waals surface area contributed by atoms with Gasteiger partial charge in [-0.15, -0.1) is 0 Å². The van der Waals surface area contributed by atoms with Crippen LogP contribution in [0.25, 0.3) is 0 Å². The van der Waals surface area contributed by atoms with E-state index in [0.29, 0.717) is 5.75 Å². The third-order valence-electron chi connectivity index (χ3n) is 3.31. The molecule has 1 atom stereocenters. The van der Waals surface area contributed by atoms with Crippen LogP contribution in [0.4, 0.5) is 5.69 Å². The molecule has 0 saturated heterocycles. The molecule has 21 heavy (non-hydrogen) atoms. The molecular weight excluding hydrogens is 281 g/mol. The lowest BCUT2D eigenvalue weighted by molar-refractivity contribution is 0.493. The number of aryl methyl sites for hydroxylation is 2. The maximum absolute atomic E-state index is 12.5. The third-order valence-corrected chi connectivity index (χ3v) is 4.53. The summed E-state index contributed by atoms with van der Waals surface area (Å²) in [4.78, 5) is 0. The average Bonchev–Trinajstić information content (AvgIpc) is 2.48. The highest BCUT2D eigenvalue weighted by molar-refractivity contribution is 7.60. The van der Waals surface area contributed by atoms with E-state index in [1.807, 2.05) is 48.5 Å². The average molecular weight is 303 g/mol. The minimum atomic E-state index is -2.93. The molecule has 3 nitrogen and oxygen atoms in total. The van der Waals surface area contributed by atoms with Crippen LogP contribution < -0.4 is 9.61 Å². The lowest BCUT2D eigenvalue weighted by atomic mass is 10.2. The van der Waals surface area contributed by atoms with Gasteiger partial charge in [0.05, 0.1) is 0 Å². The van der Waals surface area contributed by atoms with E-state index >= 15 is 0 Å². The van der Waals surface area contributed by atoms with E-state index in [9.17, 15) is 4.57 Å². The van der Waals surface area contributed by atoms with Gasteiger partial charge in [-0.3, -0.25) is 4.57 Å². The van der Waals surface area contributed by atoms with Crippen LogP contribution in [0.5, 0.6) is 5.75 Å². The molecule has 0 aromatic heterocycles. The van der Waals surface area contributed by atoms with Gasteiger partial charge in [0.25, 0.3) is 0 Å². The fraction of sp³-hybridized carbons (Fsp3) is 0.294. The molecule has 0 amide bonds. The Morgan fingerprint density at radius 1 is 0.905 bits per heavy atom. The second kappa shape index (κ2) is 6.82. The topological polar surface area (TPSA) is 38.3 Å². The van der Waals surface area contributed by atoms with Crippen LogP contribution in [0.15, 0.2) is 48.5 Å². The first-order chi connectivity index (χ1) is 10.0. The van der Waals surface area contributed by atoms with Gasteiger partial charge in [0.1, 0.15) is 5.75 Å². The van der Waals surface area contributed by atoms with Crippen molar-refractivity contribution in [1.29, 1.82) is 0 Å². The van der Waals surface area contributed by atoms with Crippen LogP contribution in [0.3, 0.4) is 0 Å². The summed E-state index contributed by atoms with van der Waals surface area (Å²) in [5.74, 6) is 0.621. The van der Waals surface area contributed by atoms with E-state index in [2.05, 4.69) is 18.9 Å². The number of benzene rings is 2. The highest BCUT2D eigenvalue weighted by Gasteiger charge is 2.17. The summed E-state index contributed by atoms with van der Waals surface area (Å²) in [5, 5.41) is 2.98. The standard InChI is InChI=1S/C17H22NO2P/c1-4-14-6-10-16(11-7-14)18-21(3,19)20-17-12-8-15(5-2)9-13-17/h6-13H,4-5H2,1-3H3,(H,18,19). The summed E-state index contributed by atoms with van der Waals surface area (Å²) < 4.78 is 18.1. The molecule has 1 N–H and O–H groups in total. The molecule has 0 aliphatic rings. The Kier molecular flexibility index (Phi) is 5.08. The summed E-state index contributed by atoms with van der Waals surface area (Å²) in [6.07, 6.45) is 1.97. The predicted molar refractivity (Wildman–Crippen MR) is 89.4 cm³/mol. The third kappa shape index (κ3) is 4.64. The molecule has 0 fully saturated rings. The maximum atomic E-state index is 12.5. The van der Waals surface area contributed by atoms with E-state index in [0.717, 1.165) is 18.5 Å². The highest BCUT2D eigenvalue weighted by Crippen LogP contribution is 2.43. The Morgan fingerprint density at radius 2 is 1.38 bits per heavy atom. The maximum Gasteiger partial charge on any atom is 0.338 e. The highest BCUT2D eigenvalue weighted by atomic mass is 31.2. The van der Waals surface area contributed by atoms with Crippen molar-refractivity contribution in [2.45, 2.75) is 26.7 Å². The van der Waals surface area contributed by atoms with Crippen LogP contribution in [0.1, 0.15) is 25.0 Å². The number of hydrogen-bond donors (Lipinski definition) is 1. The Hall–Kier alpha value is -1.73. The van der Waals surface area contributed by atoms with Crippen molar-refractivity contribution in [2.75, 3.05) is 11.8 Å². The van der Waals surface area contributed by atoms with Gasteiger partial charge in [-0.05, 0) is 48.2 Å². The van der Waals surface area contributed by atoms with Gasteiger partial charge in [-0.1, -0.05) is 38.1 Å². The van der Waals surface area contributed by atoms with Gasteiger partial charge in [0.2, 0.25) is 0 Å². The van der Waals surface area contributed by atoms with E-state index in [4.69, 9.17) is 4.52 Å². The van der Waals surface area contributed by atoms with Crippen LogP contribution in [-0.4, -0.2) is 6.66 Å². The second-order valence-corrected chi connectivity index (χ2v) is 7.19. The Morgan fingerprint density at radius 3 is 1.86 bits per heavy atom. The van der Waals surface area contributed by atoms with Gasteiger partial charge in [0.15, 0.2) is 0 Å². The molecule has 0 spiro atoms. The summed E-state index contributed by atoms with van der Waals surface area (Å²) in [7, 11) is -2.93. The lowest BCUT2D eigenvalue weighted by Crippen LogP contribution is -2.02. The van der Waals surface area contributed by atoms with E-state index < -0.39 is 7.52 Å². The normalized spacial score (nSPS) is 13.5. The molecule has 2 rings (SSSR count). The molecule has 112 valence electrons. The van der Waals surface area contributed by atoms with Gasteiger partial charge >= 0.3 is 7.52 Å². The Balaban J connectivity index is 2.04. The minimum absolute atomic E-state index is 0.621. The summed E-state index contributed by atoms with van der Waals surface area (Å²) in [6, 6.07) is 15.6. The van der Waals surface area contributed by atoms with Crippen LogP contribution >= 0.6 is 7.52 Å². The zero-order valence-corrected chi connectivity index (χ0v) is 13.7. The lowest BCUT2D eigenvalue weighted by Gasteiger charge is -2.17. The summed E-state index contributed by atoms with van der Waals surface area (Å²) in [5.41, 5.74) is 3.29. The fourth-order valence-electron chi connectivity index (χ4n) is 2.06. The minimum Gasteiger partial charge on any atom is -0.429 e. The van der Waals surface area contributed by atoms with Crippen LogP contribution in [0.2, 0.25) is 0 Å². The largest absolute Gasteiger partial charge is 0.429 e. The summed E-state index contributed by atoms with van der Waals surface area (Å²) in [6.45, 7) is 5.80. The summed E-state index contributed by atoms with van der Waals surface area (Å²) >= 11 is 0. The van der Waals surface area contributed by atoms with Crippen LogP contribution in [0, 0.1) is 0 Å². The molecule has 0 heterocycles. The first kappa shape index (κ1) is 15.7. The molecule has 0 bridgehead atoms. The molecule has 0 saturated carbocycles. The van der Waals surface area contributed by atoms with Gasteiger partial charge in [-0.2, -0.15) is 0 Å². The van der Waals surface area contributed by atoms with Crippen molar-refractivity contribution < 1.29 is 9.09 Å². The molecule has 0 radical (unpaired) electrons. The Labute approximate surface area is 126 Å². The SMILES string of the molecule is CCc1ccc(NP(C)(=O)Oc2ccc(CC)cc2)cc1. The van der Waals surface area contributed by atoms with Crippen molar-refractivity contribution >= 4 is 13.2 Å². The van der Waals surface area contributed by atoms with E-state index in [1.165, 1.54) is 11.1 Å². The number of nitrogens with one attached hydrogen (secondary N) is 1. The fourth-order valence-corrected chi connectivity index (χ4v) is 3.25. The van der Waals surface area contributed by atoms with Crippen molar-refractivity contribution in [3.8, 4) is 5.75 Å². The van der Waals surface area contributed by atoms with Crippen molar-refractivity contribution in [2.24, 2.45) is 0 Å². The number of rotatable bonds is 6. The predicted octanol–water partition coefficient (Wildman–Crippen LogP) is 5.13. The zero-order chi connectivity index (χ0) is 15.3. The van der Waals surface area contributed by atoms with Gasteiger partial charge in [0, 0.05) is 12.4 Å². The van der Waals surface area contributed by atoms with E-state index in [-0.39, 0.29) is 0 Å². The Bertz CT molecular complexity index is 567. The molecule has 1 unspecified atom stereocenters. The first-order valence-electron chi connectivity index (χ1n) is 7.25. The monoisotopic (exact) mass is 303 g/mol. The smallest absolute Gasteiger partial charge is 0.338 e. The van der Waals surface area contributed by atoms with Crippen LogP contribution in [-0.2, 0) is 17.4 Å². The molecular formula is C17H22NO2P. The second-order valence-electron chi connectivity index (χ2n) is 5.10. The molecule has 2 aromatic rings. The van der Waals surface area contributed by atoms with Crippen molar-refractivity contribution in [3.63, 3.8) is 0 Å². The van der Waals surface area contributed by atoms with Crippen molar-refractivity contribution in [3.05, 3.63) is 59.7 Å². The van der Waals surface area contributed by atoms with Crippen molar-refractivity contribution in [1.82, 2.24) is 0 Å². The van der Waals surface area contributed by atoms with E-state index in [1.54, 1.807) is 6.66 Å². The molecule has 4 heteroatoms. The zero-order valence-electron chi connectivity index (χ0n) is 12.8. The quantitative estimate of drug-likeness (QED) is 0.752. The van der Waals surface area contributed by atoms with Gasteiger partial charge in [-0.25, -0.2) is 0 Å². The first-order valence-corrected chi connectivity index (χ1v) is 9.33. The molecule has 2 aromatic carbocycles. The number of anilines is 1. The number of hydrogen-bond acceptors (Lipinski definition) is 2. The van der Waals surface area contributed by atoms with Gasteiger partial charge < -0.3 is 9.61 Å².